The average molecular weight is 282 g/mol. The molecule has 2 atom stereocenters. The zero-order chi connectivity index (χ0) is 14.7. The molecule has 1 N–H and O–H groups in total. The molecule has 2 amide bonds. The number of hydrogen-bond donors (Lipinski definition) is 1. The first-order valence-corrected chi connectivity index (χ1v) is 7.74. The number of amides is 2. The third-order valence-electron chi connectivity index (χ3n) is 4.56. The summed E-state index contributed by atoms with van der Waals surface area (Å²) in [5.74, 6) is -0.158. The van der Waals surface area contributed by atoms with Gasteiger partial charge in [-0.15, -0.1) is 0 Å². The van der Waals surface area contributed by atoms with Crippen LogP contribution in [0.5, 0.6) is 0 Å². The summed E-state index contributed by atoms with van der Waals surface area (Å²) in [6, 6.07) is 0.607. The quantitative estimate of drug-likeness (QED) is 0.843. The second-order valence-corrected chi connectivity index (χ2v) is 6.39. The van der Waals surface area contributed by atoms with Crippen LogP contribution in [0.2, 0.25) is 0 Å². The van der Waals surface area contributed by atoms with Gasteiger partial charge in [-0.2, -0.15) is 0 Å². The van der Waals surface area contributed by atoms with Crippen LogP contribution < -0.4 is 0 Å². The van der Waals surface area contributed by atoms with Crippen molar-refractivity contribution in [3.63, 3.8) is 0 Å². The van der Waals surface area contributed by atoms with E-state index in [0.29, 0.717) is 18.5 Å². The molecule has 0 aromatic carbocycles. The highest BCUT2D eigenvalue weighted by Gasteiger charge is 2.36. The molecule has 0 aromatic heterocycles. The Morgan fingerprint density at radius 3 is 2.40 bits per heavy atom. The number of carboxylic acids is 1. The van der Waals surface area contributed by atoms with Gasteiger partial charge in [0.2, 0.25) is 0 Å². The zero-order valence-corrected chi connectivity index (χ0v) is 12.5. The molecule has 0 radical (unpaired) electrons. The van der Waals surface area contributed by atoms with Gasteiger partial charge in [0.25, 0.3) is 0 Å². The van der Waals surface area contributed by atoms with E-state index in [9.17, 15) is 9.59 Å². The van der Waals surface area contributed by atoms with Gasteiger partial charge in [-0.05, 0) is 31.6 Å². The van der Waals surface area contributed by atoms with E-state index in [1.807, 2.05) is 11.9 Å². The Morgan fingerprint density at radius 1 is 1.15 bits per heavy atom. The number of carboxylic acid groups (broad SMARTS) is 1. The van der Waals surface area contributed by atoms with Crippen LogP contribution >= 0.6 is 0 Å². The molecule has 0 heterocycles. The number of rotatable bonds is 5. The minimum atomic E-state index is -0.836. The van der Waals surface area contributed by atoms with Crippen LogP contribution in [0.3, 0.4) is 0 Å². The smallest absolute Gasteiger partial charge is 0.320 e. The summed E-state index contributed by atoms with van der Waals surface area (Å²) >= 11 is 0. The number of carbonyl (C=O) groups is 2. The molecule has 5 heteroatoms. The Kier molecular flexibility index (Phi) is 4.89. The van der Waals surface area contributed by atoms with Gasteiger partial charge in [-0.25, -0.2) is 4.79 Å². The van der Waals surface area contributed by atoms with Gasteiger partial charge < -0.3 is 14.9 Å². The molecule has 0 aliphatic heterocycles. The molecule has 2 aliphatic carbocycles. The molecule has 2 aliphatic rings. The largest absolute Gasteiger partial charge is 0.481 e. The SMILES string of the molecule is CC1CCCC(N(C)C(=O)N(CCC(=O)O)C2CC2)C1. The number of hydrogen-bond acceptors (Lipinski definition) is 2. The zero-order valence-electron chi connectivity index (χ0n) is 12.5. The molecule has 0 bridgehead atoms. The second-order valence-electron chi connectivity index (χ2n) is 6.39. The molecule has 2 unspecified atom stereocenters. The molecule has 0 saturated heterocycles. The van der Waals surface area contributed by atoms with Gasteiger partial charge >= 0.3 is 12.0 Å². The predicted octanol–water partition coefficient (Wildman–Crippen LogP) is 2.56. The summed E-state index contributed by atoms with van der Waals surface area (Å²) in [5.41, 5.74) is 0. The summed E-state index contributed by atoms with van der Waals surface area (Å²) in [6.45, 7) is 2.58. The summed E-state index contributed by atoms with van der Waals surface area (Å²) in [5, 5.41) is 8.82. The fraction of sp³-hybridized carbons (Fsp3) is 0.867. The van der Waals surface area contributed by atoms with E-state index in [1.165, 1.54) is 12.8 Å². The van der Waals surface area contributed by atoms with Crippen molar-refractivity contribution in [2.45, 2.75) is 64.0 Å². The standard InChI is InChI=1S/C15H26N2O3/c1-11-4-3-5-13(10-11)16(2)15(20)17(12-6-7-12)9-8-14(18)19/h11-13H,3-10H2,1-2H3,(H,18,19). The fourth-order valence-corrected chi connectivity index (χ4v) is 3.15. The lowest BCUT2D eigenvalue weighted by Crippen LogP contribution is -2.48. The van der Waals surface area contributed by atoms with Gasteiger partial charge in [-0.1, -0.05) is 19.8 Å². The minimum Gasteiger partial charge on any atom is -0.481 e. The van der Waals surface area contributed by atoms with Gasteiger partial charge in [0, 0.05) is 25.7 Å². The summed E-state index contributed by atoms with van der Waals surface area (Å²) < 4.78 is 0. The van der Waals surface area contributed by atoms with Crippen molar-refractivity contribution in [3.05, 3.63) is 0 Å². The Labute approximate surface area is 120 Å². The molecular formula is C15H26N2O3. The first kappa shape index (κ1) is 15.1. The van der Waals surface area contributed by atoms with Crippen molar-refractivity contribution in [1.82, 2.24) is 9.80 Å². The number of nitrogens with zero attached hydrogens (tertiary/aromatic N) is 2. The third-order valence-corrected chi connectivity index (χ3v) is 4.56. The van der Waals surface area contributed by atoms with Crippen molar-refractivity contribution < 1.29 is 14.7 Å². The summed E-state index contributed by atoms with van der Waals surface area (Å²) in [7, 11) is 1.88. The molecule has 0 spiro atoms. The molecule has 2 fully saturated rings. The minimum absolute atomic E-state index is 0.0212. The van der Waals surface area contributed by atoms with E-state index in [2.05, 4.69) is 6.92 Å². The van der Waals surface area contributed by atoms with Gasteiger partial charge in [0.1, 0.15) is 0 Å². The Morgan fingerprint density at radius 2 is 1.85 bits per heavy atom. The van der Waals surface area contributed by atoms with Crippen LogP contribution in [0.25, 0.3) is 0 Å². The molecule has 0 aromatic rings. The normalized spacial score (nSPS) is 26.1. The van der Waals surface area contributed by atoms with Crippen molar-refractivity contribution in [2.24, 2.45) is 5.92 Å². The Balaban J connectivity index is 1.93. The first-order valence-electron chi connectivity index (χ1n) is 7.74. The highest BCUT2D eigenvalue weighted by Crippen LogP contribution is 2.31. The average Bonchev–Trinajstić information content (AvgIpc) is 3.22. The van der Waals surface area contributed by atoms with Crippen molar-refractivity contribution in [3.8, 4) is 0 Å². The lowest BCUT2D eigenvalue weighted by molar-refractivity contribution is -0.137. The number of aliphatic carboxylic acids is 1. The van der Waals surface area contributed by atoms with E-state index in [0.717, 1.165) is 25.7 Å². The molecule has 2 rings (SSSR count). The van der Waals surface area contributed by atoms with Gasteiger partial charge in [-0.3, -0.25) is 4.79 Å². The van der Waals surface area contributed by atoms with Crippen molar-refractivity contribution in [2.75, 3.05) is 13.6 Å². The van der Waals surface area contributed by atoms with E-state index in [-0.39, 0.29) is 18.5 Å². The van der Waals surface area contributed by atoms with Gasteiger partial charge in [0.05, 0.1) is 6.42 Å². The van der Waals surface area contributed by atoms with Crippen LogP contribution in [-0.2, 0) is 4.79 Å². The third kappa shape index (κ3) is 3.87. The maximum atomic E-state index is 12.6. The maximum Gasteiger partial charge on any atom is 0.320 e. The van der Waals surface area contributed by atoms with E-state index >= 15 is 0 Å². The number of carbonyl (C=O) groups excluding carboxylic acids is 1. The fourth-order valence-electron chi connectivity index (χ4n) is 3.15. The molecule has 2 saturated carbocycles. The maximum absolute atomic E-state index is 12.6. The highest BCUT2D eigenvalue weighted by atomic mass is 16.4. The van der Waals surface area contributed by atoms with Gasteiger partial charge in [0.15, 0.2) is 0 Å². The predicted molar refractivity (Wildman–Crippen MR) is 76.6 cm³/mol. The molecular weight excluding hydrogens is 256 g/mol. The van der Waals surface area contributed by atoms with Crippen molar-refractivity contribution >= 4 is 12.0 Å². The lowest BCUT2D eigenvalue weighted by atomic mass is 9.86. The molecule has 20 heavy (non-hydrogen) atoms. The van der Waals surface area contributed by atoms with Crippen LogP contribution in [0.1, 0.15) is 51.9 Å². The van der Waals surface area contributed by atoms with Crippen LogP contribution in [-0.4, -0.2) is 52.6 Å². The summed E-state index contributed by atoms with van der Waals surface area (Å²) in [4.78, 5) is 27.0. The van der Waals surface area contributed by atoms with E-state index < -0.39 is 5.97 Å². The topological polar surface area (TPSA) is 60.9 Å². The summed E-state index contributed by atoms with van der Waals surface area (Å²) in [6.07, 6.45) is 6.65. The van der Waals surface area contributed by atoms with Crippen LogP contribution in [0, 0.1) is 5.92 Å². The lowest BCUT2D eigenvalue weighted by Gasteiger charge is -2.37. The second kappa shape index (κ2) is 6.46. The van der Waals surface area contributed by atoms with E-state index in [1.54, 1.807) is 4.90 Å². The monoisotopic (exact) mass is 282 g/mol. The Hall–Kier alpha value is -1.26. The van der Waals surface area contributed by atoms with Crippen LogP contribution in [0.4, 0.5) is 4.79 Å². The molecule has 5 nitrogen and oxygen atoms in total. The van der Waals surface area contributed by atoms with E-state index in [4.69, 9.17) is 5.11 Å². The number of urea groups is 1. The first-order chi connectivity index (χ1) is 9.49. The Bertz CT molecular complexity index is 368. The van der Waals surface area contributed by atoms with Crippen LogP contribution in [0.15, 0.2) is 0 Å². The van der Waals surface area contributed by atoms with Crippen molar-refractivity contribution in [1.29, 1.82) is 0 Å². The highest BCUT2D eigenvalue weighted by molar-refractivity contribution is 5.76. The molecule has 114 valence electrons.